The van der Waals surface area contributed by atoms with Crippen molar-refractivity contribution in [3.63, 3.8) is 0 Å². The number of ether oxygens (including phenoxy) is 1. The van der Waals surface area contributed by atoms with Gasteiger partial charge in [-0.25, -0.2) is 18.6 Å². The fourth-order valence-corrected chi connectivity index (χ4v) is 6.18. The number of pyridine rings is 1. The van der Waals surface area contributed by atoms with Gasteiger partial charge in [0.1, 0.15) is 28.9 Å². The number of likely N-dealkylation sites (tertiary alicyclic amines) is 1. The molecule has 0 spiro atoms. The Bertz CT molecular complexity index is 1650. The number of amidine groups is 1. The highest BCUT2D eigenvalue weighted by molar-refractivity contribution is 8.13. The molecular formula is C32H29F2N5O3S. The Kier molecular flexibility index (Phi) is 8.33. The molecule has 0 bridgehead atoms. The van der Waals surface area contributed by atoms with Gasteiger partial charge in [-0.2, -0.15) is 5.26 Å². The highest BCUT2D eigenvalue weighted by Crippen LogP contribution is 2.47. The second-order valence-electron chi connectivity index (χ2n) is 11.3. The van der Waals surface area contributed by atoms with Gasteiger partial charge >= 0.3 is 6.09 Å². The summed E-state index contributed by atoms with van der Waals surface area (Å²) in [5.41, 5.74) is -0.720. The van der Waals surface area contributed by atoms with E-state index in [1.807, 2.05) is 6.07 Å². The molecular weight excluding hydrogens is 572 g/mol. The van der Waals surface area contributed by atoms with Gasteiger partial charge < -0.3 is 15.0 Å². The molecule has 2 aliphatic rings. The molecule has 3 heterocycles. The van der Waals surface area contributed by atoms with E-state index in [0.717, 1.165) is 0 Å². The number of halogens is 2. The average Bonchev–Trinajstić information content (AvgIpc) is 3.38. The van der Waals surface area contributed by atoms with Crippen LogP contribution in [0.25, 0.3) is 11.9 Å². The van der Waals surface area contributed by atoms with Gasteiger partial charge in [-0.15, -0.1) is 0 Å². The van der Waals surface area contributed by atoms with E-state index in [1.54, 1.807) is 51.1 Å². The highest BCUT2D eigenvalue weighted by atomic mass is 32.2. The molecule has 8 nitrogen and oxygen atoms in total. The number of fused-ring (bicyclic) bond motifs is 1. The van der Waals surface area contributed by atoms with E-state index in [9.17, 15) is 9.59 Å². The number of nitriles is 1. The molecule has 220 valence electrons. The number of nitrogens with zero attached hydrogens (tertiary/aromatic N) is 4. The molecule has 2 aliphatic heterocycles. The molecule has 1 fully saturated rings. The van der Waals surface area contributed by atoms with Crippen LogP contribution >= 0.6 is 11.8 Å². The van der Waals surface area contributed by atoms with Gasteiger partial charge in [0, 0.05) is 35.5 Å². The van der Waals surface area contributed by atoms with Crippen molar-refractivity contribution in [1.82, 2.24) is 15.2 Å². The van der Waals surface area contributed by atoms with Crippen LogP contribution in [0.1, 0.15) is 53.5 Å². The standard InChI is InChI=1S/C32H29F2N5O3S/c1-31(2,3)42-30(41)39-17-23-18-43-29(37-28(40)22-7-5-4-6-8-22)38-32(23,19-39)24-13-20(9-11-25(24)33)14-26(34)27-12-10-21(15-35)16-36-27/h4-14,16,23H,17-19H2,1-3H3,(H,37,38,40)/b26-14-/t23-,32+/m1/s1. The van der Waals surface area contributed by atoms with E-state index in [2.05, 4.69) is 10.3 Å². The zero-order chi connectivity index (χ0) is 30.8. The topological polar surface area (TPSA) is 108 Å². The van der Waals surface area contributed by atoms with Gasteiger partial charge in [-0.1, -0.05) is 36.0 Å². The smallest absolute Gasteiger partial charge is 0.410 e. The number of hydrogen-bond donors (Lipinski definition) is 1. The minimum Gasteiger partial charge on any atom is -0.444 e. The van der Waals surface area contributed by atoms with Crippen LogP contribution in [0.15, 0.2) is 71.9 Å². The Morgan fingerprint density at radius 3 is 2.63 bits per heavy atom. The van der Waals surface area contributed by atoms with Crippen LogP contribution in [0.3, 0.4) is 0 Å². The summed E-state index contributed by atoms with van der Waals surface area (Å²) in [6.07, 6.45) is 1.94. The second kappa shape index (κ2) is 12.0. The number of nitrogens with one attached hydrogen (secondary N) is 1. The van der Waals surface area contributed by atoms with Gasteiger partial charge in [-0.05, 0) is 68.8 Å². The summed E-state index contributed by atoms with van der Waals surface area (Å²) in [7, 11) is 0. The summed E-state index contributed by atoms with van der Waals surface area (Å²) >= 11 is 1.32. The molecule has 2 atom stereocenters. The van der Waals surface area contributed by atoms with Crippen molar-refractivity contribution >= 4 is 40.8 Å². The molecule has 0 saturated carbocycles. The van der Waals surface area contributed by atoms with Crippen LogP contribution in [0.5, 0.6) is 0 Å². The normalized spacial score (nSPS) is 20.1. The van der Waals surface area contributed by atoms with Crippen molar-refractivity contribution < 1.29 is 23.1 Å². The number of amides is 2. The number of carbonyl (C=O) groups excluding carboxylic acids is 2. The highest BCUT2D eigenvalue weighted by Gasteiger charge is 2.53. The lowest BCUT2D eigenvalue weighted by Gasteiger charge is -2.35. The minimum absolute atomic E-state index is 0.00158. The van der Waals surface area contributed by atoms with Crippen LogP contribution in [0.4, 0.5) is 13.6 Å². The van der Waals surface area contributed by atoms with E-state index in [-0.39, 0.29) is 36.2 Å². The molecule has 0 radical (unpaired) electrons. The number of hydrogen-bond acceptors (Lipinski definition) is 7. The van der Waals surface area contributed by atoms with E-state index < -0.39 is 28.9 Å². The van der Waals surface area contributed by atoms with E-state index in [4.69, 9.17) is 15.0 Å². The largest absolute Gasteiger partial charge is 0.444 e. The van der Waals surface area contributed by atoms with Crippen LogP contribution in [-0.4, -0.2) is 51.5 Å². The predicted molar refractivity (Wildman–Crippen MR) is 161 cm³/mol. The Hall–Kier alpha value is -4.56. The van der Waals surface area contributed by atoms with E-state index >= 15 is 8.78 Å². The summed E-state index contributed by atoms with van der Waals surface area (Å²) in [5.74, 6) is -1.49. The first-order chi connectivity index (χ1) is 20.5. The van der Waals surface area contributed by atoms with Crippen molar-refractivity contribution in [2.24, 2.45) is 10.9 Å². The molecule has 1 aromatic heterocycles. The monoisotopic (exact) mass is 601 g/mol. The molecule has 1 N–H and O–H groups in total. The van der Waals surface area contributed by atoms with E-state index in [1.165, 1.54) is 59.3 Å². The first-order valence-corrected chi connectivity index (χ1v) is 14.6. The third-order valence-corrected chi connectivity index (χ3v) is 8.10. The first kappa shape index (κ1) is 29.9. The molecule has 11 heteroatoms. The Labute approximate surface area is 252 Å². The summed E-state index contributed by atoms with van der Waals surface area (Å²) in [5, 5.41) is 12.1. The molecule has 0 unspecified atom stereocenters. The lowest BCUT2D eigenvalue weighted by Crippen LogP contribution is -2.43. The van der Waals surface area contributed by atoms with Gasteiger partial charge in [0.05, 0.1) is 17.8 Å². The fourth-order valence-electron chi connectivity index (χ4n) is 5.05. The van der Waals surface area contributed by atoms with Crippen molar-refractivity contribution in [1.29, 1.82) is 5.26 Å². The molecule has 5 rings (SSSR count). The van der Waals surface area contributed by atoms with Crippen LogP contribution in [0, 0.1) is 23.1 Å². The number of carbonyl (C=O) groups is 2. The number of thioether (sulfide) groups is 1. The first-order valence-electron chi connectivity index (χ1n) is 13.6. The van der Waals surface area contributed by atoms with Crippen molar-refractivity contribution in [2.75, 3.05) is 18.8 Å². The fraction of sp³-hybridized carbons (Fsp3) is 0.281. The number of aliphatic imine (C=N–C) groups is 1. The van der Waals surface area contributed by atoms with E-state index in [0.29, 0.717) is 27.6 Å². The molecule has 0 aliphatic carbocycles. The minimum atomic E-state index is -1.27. The maximum atomic E-state index is 15.7. The Morgan fingerprint density at radius 2 is 1.95 bits per heavy atom. The maximum Gasteiger partial charge on any atom is 0.410 e. The van der Waals surface area contributed by atoms with Crippen LogP contribution < -0.4 is 5.32 Å². The Balaban J connectivity index is 1.54. The number of rotatable bonds is 4. The zero-order valence-electron chi connectivity index (χ0n) is 23.8. The Morgan fingerprint density at radius 1 is 1.19 bits per heavy atom. The maximum absolute atomic E-state index is 15.7. The third kappa shape index (κ3) is 6.60. The number of benzene rings is 2. The SMILES string of the molecule is CC(C)(C)OC(=O)N1C[C@@H]2CSC(NC(=O)c3ccccc3)=N[C@@]2(c2cc(/C=C(\F)c3ccc(C#N)cn3)ccc2F)C1. The van der Waals surface area contributed by atoms with Crippen LogP contribution in [0.2, 0.25) is 0 Å². The summed E-state index contributed by atoms with van der Waals surface area (Å²) in [4.78, 5) is 36.5. The van der Waals surface area contributed by atoms with Crippen molar-refractivity contribution in [3.05, 3.63) is 101 Å². The summed E-state index contributed by atoms with van der Waals surface area (Å²) in [6.45, 7) is 5.56. The van der Waals surface area contributed by atoms with Gasteiger partial charge in [0.2, 0.25) is 0 Å². The lowest BCUT2D eigenvalue weighted by atomic mass is 9.81. The molecule has 2 aromatic carbocycles. The van der Waals surface area contributed by atoms with Gasteiger partial charge in [-0.3, -0.25) is 9.78 Å². The lowest BCUT2D eigenvalue weighted by molar-refractivity contribution is 0.0281. The van der Waals surface area contributed by atoms with Crippen LogP contribution in [-0.2, 0) is 10.3 Å². The van der Waals surface area contributed by atoms with Crippen molar-refractivity contribution in [2.45, 2.75) is 31.9 Å². The molecule has 43 heavy (non-hydrogen) atoms. The second-order valence-corrected chi connectivity index (χ2v) is 12.3. The quantitative estimate of drug-likeness (QED) is 0.384. The predicted octanol–water partition coefficient (Wildman–Crippen LogP) is 6.15. The molecule has 1 saturated heterocycles. The summed E-state index contributed by atoms with van der Waals surface area (Å²) in [6, 6.07) is 17.6. The van der Waals surface area contributed by atoms with Gasteiger partial charge in [0.15, 0.2) is 5.17 Å². The van der Waals surface area contributed by atoms with Gasteiger partial charge in [0.25, 0.3) is 5.91 Å². The molecule has 3 aromatic rings. The van der Waals surface area contributed by atoms with Crippen molar-refractivity contribution in [3.8, 4) is 6.07 Å². The summed E-state index contributed by atoms with van der Waals surface area (Å²) < 4.78 is 36.5. The zero-order valence-corrected chi connectivity index (χ0v) is 24.6. The number of aromatic nitrogens is 1. The molecule has 2 amide bonds. The third-order valence-electron chi connectivity index (χ3n) is 7.07. The average molecular weight is 602 g/mol.